The number of rotatable bonds is 2. The summed E-state index contributed by atoms with van der Waals surface area (Å²) in [7, 11) is -4.28. The first-order chi connectivity index (χ1) is 10.8. The van der Waals surface area contributed by atoms with Gasteiger partial charge in [0, 0.05) is 12.1 Å². The number of sulfonamides is 1. The van der Waals surface area contributed by atoms with E-state index in [9.17, 15) is 21.6 Å². The third-order valence-electron chi connectivity index (χ3n) is 3.57. The molecule has 3 rings (SSSR count). The highest BCUT2D eigenvalue weighted by Crippen LogP contribution is 2.35. The van der Waals surface area contributed by atoms with E-state index in [4.69, 9.17) is 0 Å². The molecule has 0 N–H and O–H groups in total. The van der Waals surface area contributed by atoms with E-state index in [2.05, 4.69) is 16.2 Å². The van der Waals surface area contributed by atoms with Gasteiger partial charge in [0.2, 0.25) is 10.0 Å². The molecule has 0 saturated carbocycles. The Balaban J connectivity index is 2.01. The fraction of sp³-hybridized carbons (Fsp3) is 0.286. The topological polar surface area (TPSA) is 63.2 Å². The normalized spacial score (nSPS) is 16.1. The zero-order valence-electron chi connectivity index (χ0n) is 11.7. The van der Waals surface area contributed by atoms with E-state index in [0.29, 0.717) is 17.7 Å². The Kier molecular flexibility index (Phi) is 3.85. The van der Waals surface area contributed by atoms with Gasteiger partial charge in [-0.3, -0.25) is 0 Å². The number of halogens is 3. The van der Waals surface area contributed by atoms with Crippen LogP contribution >= 0.6 is 0 Å². The molecule has 0 fully saturated rings. The first kappa shape index (κ1) is 15.9. The van der Waals surface area contributed by atoms with Gasteiger partial charge in [0.05, 0.1) is 28.9 Å². The van der Waals surface area contributed by atoms with Crippen LogP contribution in [0.2, 0.25) is 0 Å². The molecule has 9 heteroatoms. The highest BCUT2D eigenvalue weighted by atomic mass is 32.2. The van der Waals surface area contributed by atoms with Crippen molar-refractivity contribution in [3.8, 4) is 0 Å². The Morgan fingerprint density at radius 1 is 1.22 bits per heavy atom. The van der Waals surface area contributed by atoms with Crippen molar-refractivity contribution in [1.82, 2.24) is 14.3 Å². The number of hydrogen-bond donors (Lipinski definition) is 0. The van der Waals surface area contributed by atoms with Crippen molar-refractivity contribution in [3.63, 3.8) is 0 Å². The van der Waals surface area contributed by atoms with Gasteiger partial charge in [-0.2, -0.15) is 17.5 Å². The highest BCUT2D eigenvalue weighted by Gasteiger charge is 2.39. The lowest BCUT2D eigenvalue weighted by Gasteiger charge is -2.27. The van der Waals surface area contributed by atoms with E-state index in [1.807, 2.05) is 0 Å². The first-order valence-electron chi connectivity index (χ1n) is 6.67. The first-order valence-corrected chi connectivity index (χ1v) is 8.11. The maximum atomic E-state index is 13.1. The Bertz CT molecular complexity index is 837. The van der Waals surface area contributed by atoms with Crippen molar-refractivity contribution in [1.29, 1.82) is 0 Å². The Morgan fingerprint density at radius 2 is 1.96 bits per heavy atom. The van der Waals surface area contributed by atoms with Crippen LogP contribution in [0.25, 0.3) is 0 Å². The summed E-state index contributed by atoms with van der Waals surface area (Å²) in [5.41, 5.74) is -0.0255. The number of alkyl halides is 3. The number of benzene rings is 1. The summed E-state index contributed by atoms with van der Waals surface area (Å²) in [6.45, 7) is -0.0335. The lowest BCUT2D eigenvalue weighted by atomic mass is 10.1. The van der Waals surface area contributed by atoms with Crippen molar-refractivity contribution in [2.24, 2.45) is 0 Å². The summed E-state index contributed by atoms with van der Waals surface area (Å²) >= 11 is 0. The minimum atomic E-state index is -4.74. The summed E-state index contributed by atoms with van der Waals surface area (Å²) in [5.74, 6) is 0. The van der Waals surface area contributed by atoms with E-state index in [-0.39, 0.29) is 13.1 Å². The lowest BCUT2D eigenvalue weighted by molar-refractivity contribution is -0.139. The molecule has 1 aliphatic rings. The molecule has 5 nitrogen and oxygen atoms in total. The number of aromatic nitrogens is 2. The van der Waals surface area contributed by atoms with Gasteiger partial charge in [-0.1, -0.05) is 12.1 Å². The van der Waals surface area contributed by atoms with E-state index in [1.165, 1.54) is 12.4 Å². The molecule has 0 spiro atoms. The Morgan fingerprint density at radius 3 is 2.70 bits per heavy atom. The molecule has 0 atom stereocenters. The second-order valence-electron chi connectivity index (χ2n) is 4.99. The zero-order chi connectivity index (χ0) is 16.7. The average Bonchev–Trinajstić information content (AvgIpc) is 2.53. The monoisotopic (exact) mass is 342 g/mol. The SMILES string of the molecule is O=S(=O)(c1ccccc1C(F)(F)F)N1CCc2[c]ncnc2C1. The fourth-order valence-electron chi connectivity index (χ4n) is 2.44. The standard InChI is InChI=1S/C14H11F3N3O2S/c15-14(16,17)11-3-1-2-4-13(11)23(21,22)20-6-5-10-7-18-9-19-12(10)8-20/h1-4,9H,5-6,8H2. The molecular weight excluding hydrogens is 331 g/mol. The van der Waals surface area contributed by atoms with Gasteiger partial charge >= 0.3 is 6.18 Å². The van der Waals surface area contributed by atoms with Crippen LogP contribution in [0.3, 0.4) is 0 Å². The van der Waals surface area contributed by atoms with Crippen LogP contribution < -0.4 is 0 Å². The molecule has 0 saturated heterocycles. The molecule has 1 radical (unpaired) electrons. The van der Waals surface area contributed by atoms with Crippen LogP contribution in [0.15, 0.2) is 35.5 Å². The summed E-state index contributed by atoms with van der Waals surface area (Å²) < 4.78 is 65.5. The molecule has 23 heavy (non-hydrogen) atoms. The van der Waals surface area contributed by atoms with Gasteiger partial charge < -0.3 is 0 Å². The largest absolute Gasteiger partial charge is 0.417 e. The highest BCUT2D eigenvalue weighted by molar-refractivity contribution is 7.89. The minimum absolute atomic E-state index is 0.0609. The summed E-state index contributed by atoms with van der Waals surface area (Å²) in [5, 5.41) is 0. The number of fused-ring (bicyclic) bond motifs is 1. The van der Waals surface area contributed by atoms with Crippen molar-refractivity contribution < 1.29 is 21.6 Å². The third kappa shape index (κ3) is 2.93. The minimum Gasteiger partial charge on any atom is -0.240 e. The predicted molar refractivity (Wildman–Crippen MR) is 73.6 cm³/mol. The maximum absolute atomic E-state index is 13.1. The van der Waals surface area contributed by atoms with E-state index in [0.717, 1.165) is 22.5 Å². The van der Waals surface area contributed by atoms with E-state index < -0.39 is 26.7 Å². The second kappa shape index (κ2) is 5.57. The van der Waals surface area contributed by atoms with Crippen LogP contribution in [0.4, 0.5) is 13.2 Å². The van der Waals surface area contributed by atoms with E-state index in [1.54, 1.807) is 0 Å². The second-order valence-corrected chi connectivity index (χ2v) is 6.90. The van der Waals surface area contributed by atoms with E-state index >= 15 is 0 Å². The van der Waals surface area contributed by atoms with Gasteiger partial charge in [-0.15, -0.1) is 0 Å². The number of nitrogens with zero attached hydrogens (tertiary/aromatic N) is 3. The average molecular weight is 342 g/mol. The molecule has 2 heterocycles. The molecule has 1 aromatic heterocycles. The lowest BCUT2D eigenvalue weighted by Crippen LogP contribution is -2.37. The van der Waals surface area contributed by atoms with Crippen LogP contribution in [-0.2, 0) is 29.2 Å². The quantitative estimate of drug-likeness (QED) is 0.838. The maximum Gasteiger partial charge on any atom is 0.417 e. The van der Waals surface area contributed by atoms with Gasteiger partial charge in [0.25, 0.3) is 0 Å². The van der Waals surface area contributed by atoms with Crippen LogP contribution in [0.1, 0.15) is 16.8 Å². The van der Waals surface area contributed by atoms with Crippen molar-refractivity contribution in [2.75, 3.05) is 6.54 Å². The molecule has 1 aliphatic heterocycles. The molecule has 0 bridgehead atoms. The third-order valence-corrected chi connectivity index (χ3v) is 5.47. The molecule has 0 amide bonds. The van der Waals surface area contributed by atoms with Crippen LogP contribution in [0.5, 0.6) is 0 Å². The van der Waals surface area contributed by atoms with Gasteiger partial charge in [-0.05, 0) is 18.6 Å². The van der Waals surface area contributed by atoms with Gasteiger partial charge in [0.15, 0.2) is 0 Å². The van der Waals surface area contributed by atoms with Gasteiger partial charge in [0.1, 0.15) is 6.33 Å². The van der Waals surface area contributed by atoms with Crippen molar-refractivity contribution in [2.45, 2.75) is 24.0 Å². The molecule has 0 unspecified atom stereocenters. The fourth-order valence-corrected chi connectivity index (χ4v) is 4.05. The molecule has 2 aromatic rings. The number of hydrogen-bond acceptors (Lipinski definition) is 4. The smallest absolute Gasteiger partial charge is 0.240 e. The molecule has 0 aliphatic carbocycles. The van der Waals surface area contributed by atoms with Crippen molar-refractivity contribution in [3.05, 3.63) is 53.6 Å². The Labute approximate surface area is 130 Å². The van der Waals surface area contributed by atoms with Crippen LogP contribution in [0, 0.1) is 6.20 Å². The Hall–Kier alpha value is -2.00. The molecule has 1 aromatic carbocycles. The zero-order valence-corrected chi connectivity index (χ0v) is 12.5. The summed E-state index contributed by atoms with van der Waals surface area (Å²) in [6, 6.07) is 4.17. The van der Waals surface area contributed by atoms with Crippen LogP contribution in [-0.4, -0.2) is 29.2 Å². The molecule has 121 valence electrons. The summed E-state index contributed by atoms with van der Waals surface area (Å²) in [6.07, 6.45) is -0.477. The van der Waals surface area contributed by atoms with Crippen molar-refractivity contribution >= 4 is 10.0 Å². The van der Waals surface area contributed by atoms with Gasteiger partial charge in [-0.25, -0.2) is 18.4 Å². The predicted octanol–water partition coefficient (Wildman–Crippen LogP) is 2.04. The molecular formula is C14H11F3N3O2S. The summed E-state index contributed by atoms with van der Waals surface area (Å²) in [4.78, 5) is 6.97.